The van der Waals surface area contributed by atoms with Crippen molar-refractivity contribution in [2.45, 2.75) is 19.3 Å². The molecule has 0 spiro atoms. The van der Waals surface area contributed by atoms with Gasteiger partial charge in [-0.3, -0.25) is 14.5 Å². The molecule has 0 aliphatic carbocycles. The molecule has 6 nitrogen and oxygen atoms in total. The van der Waals surface area contributed by atoms with E-state index in [1.165, 1.54) is 0 Å². The van der Waals surface area contributed by atoms with Gasteiger partial charge in [0, 0.05) is 46.3 Å². The van der Waals surface area contributed by atoms with E-state index in [4.69, 9.17) is 4.74 Å². The third-order valence-electron chi connectivity index (χ3n) is 4.13. The van der Waals surface area contributed by atoms with Crippen molar-refractivity contribution in [3.63, 3.8) is 0 Å². The lowest BCUT2D eigenvalue weighted by Crippen LogP contribution is -2.46. The first-order valence-electron chi connectivity index (χ1n) is 7.47. The molecular weight excluding hydrogens is 258 g/mol. The van der Waals surface area contributed by atoms with Crippen molar-refractivity contribution in [2.75, 3.05) is 53.0 Å². The monoisotopic (exact) mass is 283 g/mol. The molecule has 0 bridgehead atoms. The highest BCUT2D eigenvalue weighted by Crippen LogP contribution is 2.15. The maximum Gasteiger partial charge on any atom is 0.227 e. The number of carbonyl (C=O) groups is 2. The Kier molecular flexibility index (Phi) is 5.79. The van der Waals surface area contributed by atoms with E-state index in [1.807, 2.05) is 4.90 Å². The lowest BCUT2D eigenvalue weighted by molar-refractivity contribution is -0.137. The van der Waals surface area contributed by atoms with E-state index in [0.29, 0.717) is 19.4 Å². The van der Waals surface area contributed by atoms with Gasteiger partial charge in [-0.2, -0.15) is 0 Å². The molecule has 0 aromatic heterocycles. The van der Waals surface area contributed by atoms with Crippen LogP contribution in [0.3, 0.4) is 0 Å². The number of piperidine rings is 1. The summed E-state index contributed by atoms with van der Waals surface area (Å²) in [4.78, 5) is 27.9. The van der Waals surface area contributed by atoms with E-state index >= 15 is 0 Å². The van der Waals surface area contributed by atoms with Crippen LogP contribution in [0.1, 0.15) is 19.3 Å². The van der Waals surface area contributed by atoms with Crippen LogP contribution in [0.4, 0.5) is 0 Å². The van der Waals surface area contributed by atoms with Crippen LogP contribution in [0.2, 0.25) is 0 Å². The number of amides is 2. The number of rotatable bonds is 4. The predicted octanol–water partition coefficient (Wildman–Crippen LogP) is -0.307. The second kappa shape index (κ2) is 7.59. The molecule has 2 rings (SSSR count). The summed E-state index contributed by atoms with van der Waals surface area (Å²) in [6.45, 7) is 5.71. The smallest absolute Gasteiger partial charge is 0.227 e. The fraction of sp³-hybridized carbons (Fsp3) is 0.857. The van der Waals surface area contributed by atoms with E-state index in [0.717, 1.165) is 45.8 Å². The minimum absolute atomic E-state index is 0.0294. The molecule has 0 aromatic rings. The fourth-order valence-corrected chi connectivity index (χ4v) is 2.84. The van der Waals surface area contributed by atoms with Gasteiger partial charge in [0.2, 0.25) is 11.8 Å². The van der Waals surface area contributed by atoms with Gasteiger partial charge in [0.1, 0.15) is 0 Å². The highest BCUT2D eigenvalue weighted by Gasteiger charge is 2.29. The third-order valence-corrected chi connectivity index (χ3v) is 4.13. The summed E-state index contributed by atoms with van der Waals surface area (Å²) >= 11 is 0. The molecule has 114 valence electrons. The van der Waals surface area contributed by atoms with E-state index in [9.17, 15) is 9.59 Å². The standard InChI is InChI=1S/C14H25N3O3/c1-20-10-9-16-5-2-6-17(8-7-16)14(19)12-3-4-13(18)15-11-12/h12H,2-11H2,1H3,(H,15,18). The Bertz CT molecular complexity index is 339. The number of carbonyl (C=O) groups excluding carboxylic acids is 2. The van der Waals surface area contributed by atoms with Gasteiger partial charge in [-0.1, -0.05) is 0 Å². The molecule has 2 saturated heterocycles. The normalized spacial score (nSPS) is 25.1. The van der Waals surface area contributed by atoms with Gasteiger partial charge >= 0.3 is 0 Å². The van der Waals surface area contributed by atoms with E-state index in [2.05, 4.69) is 10.2 Å². The summed E-state index contributed by atoms with van der Waals surface area (Å²) in [5, 5.41) is 2.79. The minimum Gasteiger partial charge on any atom is -0.383 e. The number of ether oxygens (including phenoxy) is 1. The van der Waals surface area contributed by atoms with Crippen LogP contribution in [0.25, 0.3) is 0 Å². The maximum absolute atomic E-state index is 12.5. The second-order valence-electron chi connectivity index (χ2n) is 5.55. The summed E-state index contributed by atoms with van der Waals surface area (Å²) in [6, 6.07) is 0. The highest BCUT2D eigenvalue weighted by molar-refractivity contribution is 5.83. The van der Waals surface area contributed by atoms with Crippen LogP contribution in [-0.2, 0) is 14.3 Å². The number of nitrogens with zero attached hydrogens (tertiary/aromatic N) is 2. The Labute approximate surface area is 120 Å². The first kappa shape index (κ1) is 15.3. The SMILES string of the molecule is COCCN1CCCN(C(=O)C2CCC(=O)NC2)CC1. The summed E-state index contributed by atoms with van der Waals surface area (Å²) in [6.07, 6.45) is 2.17. The van der Waals surface area contributed by atoms with Crippen molar-refractivity contribution >= 4 is 11.8 Å². The number of hydrogen-bond donors (Lipinski definition) is 1. The number of hydrogen-bond acceptors (Lipinski definition) is 4. The molecule has 2 heterocycles. The van der Waals surface area contributed by atoms with E-state index in [-0.39, 0.29) is 17.7 Å². The molecule has 20 heavy (non-hydrogen) atoms. The summed E-state index contributed by atoms with van der Waals surface area (Å²) < 4.78 is 5.10. The molecule has 0 radical (unpaired) electrons. The van der Waals surface area contributed by atoms with Crippen molar-refractivity contribution < 1.29 is 14.3 Å². The molecule has 6 heteroatoms. The molecule has 0 saturated carbocycles. The summed E-state index contributed by atoms with van der Waals surface area (Å²) in [5.41, 5.74) is 0. The predicted molar refractivity (Wildman–Crippen MR) is 75.2 cm³/mol. The van der Waals surface area contributed by atoms with Gasteiger partial charge in [-0.05, 0) is 19.4 Å². The first-order valence-corrected chi connectivity index (χ1v) is 7.47. The van der Waals surface area contributed by atoms with Gasteiger partial charge < -0.3 is 15.0 Å². The molecule has 0 aromatic carbocycles. The fourth-order valence-electron chi connectivity index (χ4n) is 2.84. The van der Waals surface area contributed by atoms with Crippen molar-refractivity contribution in [1.29, 1.82) is 0 Å². The van der Waals surface area contributed by atoms with E-state index < -0.39 is 0 Å². The van der Waals surface area contributed by atoms with Crippen molar-refractivity contribution in [1.82, 2.24) is 15.1 Å². The minimum atomic E-state index is -0.0294. The van der Waals surface area contributed by atoms with Gasteiger partial charge in [-0.25, -0.2) is 0 Å². The van der Waals surface area contributed by atoms with Crippen molar-refractivity contribution in [3.05, 3.63) is 0 Å². The second-order valence-corrected chi connectivity index (χ2v) is 5.55. The van der Waals surface area contributed by atoms with Crippen LogP contribution in [0.5, 0.6) is 0 Å². The average Bonchev–Trinajstić information content (AvgIpc) is 2.70. The maximum atomic E-state index is 12.5. The number of nitrogens with one attached hydrogen (secondary N) is 1. The van der Waals surface area contributed by atoms with E-state index in [1.54, 1.807) is 7.11 Å². The van der Waals surface area contributed by atoms with Gasteiger partial charge in [0.15, 0.2) is 0 Å². The van der Waals surface area contributed by atoms with Gasteiger partial charge in [0.25, 0.3) is 0 Å². The first-order chi connectivity index (χ1) is 9.70. The molecule has 2 aliphatic rings. The van der Waals surface area contributed by atoms with Crippen LogP contribution in [0, 0.1) is 5.92 Å². The molecule has 2 amide bonds. The van der Waals surface area contributed by atoms with Crippen molar-refractivity contribution in [2.24, 2.45) is 5.92 Å². The third kappa shape index (κ3) is 4.18. The quantitative estimate of drug-likeness (QED) is 0.769. The topological polar surface area (TPSA) is 61.9 Å². The molecule has 1 atom stereocenters. The lowest BCUT2D eigenvalue weighted by Gasteiger charge is -2.28. The Balaban J connectivity index is 1.80. The highest BCUT2D eigenvalue weighted by atomic mass is 16.5. The summed E-state index contributed by atoms with van der Waals surface area (Å²) in [5.74, 6) is 0.243. The van der Waals surface area contributed by atoms with Gasteiger partial charge in [0.05, 0.1) is 12.5 Å². The average molecular weight is 283 g/mol. The Morgan fingerprint density at radius 1 is 1.35 bits per heavy atom. The zero-order chi connectivity index (χ0) is 14.4. The molecule has 2 fully saturated rings. The van der Waals surface area contributed by atoms with Crippen LogP contribution in [-0.4, -0.2) is 74.6 Å². The zero-order valence-corrected chi connectivity index (χ0v) is 12.3. The molecule has 2 aliphatic heterocycles. The van der Waals surface area contributed by atoms with Crippen LogP contribution < -0.4 is 5.32 Å². The summed E-state index contributed by atoms with van der Waals surface area (Å²) in [7, 11) is 1.71. The van der Waals surface area contributed by atoms with Crippen LogP contribution >= 0.6 is 0 Å². The molecule has 1 unspecified atom stereocenters. The molecular formula is C14H25N3O3. The lowest BCUT2D eigenvalue weighted by atomic mass is 9.97. The zero-order valence-electron chi connectivity index (χ0n) is 12.3. The van der Waals surface area contributed by atoms with Gasteiger partial charge in [-0.15, -0.1) is 0 Å². The Morgan fingerprint density at radius 2 is 2.20 bits per heavy atom. The van der Waals surface area contributed by atoms with Crippen molar-refractivity contribution in [3.8, 4) is 0 Å². The number of methoxy groups -OCH3 is 1. The Hall–Kier alpha value is -1.14. The molecule has 1 N–H and O–H groups in total. The van der Waals surface area contributed by atoms with Crippen LogP contribution in [0.15, 0.2) is 0 Å². The Morgan fingerprint density at radius 3 is 2.90 bits per heavy atom. The largest absolute Gasteiger partial charge is 0.383 e.